The first-order valence-corrected chi connectivity index (χ1v) is 13.0. The monoisotopic (exact) mass is 611 g/mol. The van der Waals surface area contributed by atoms with E-state index in [9.17, 15) is 13.0 Å². The van der Waals surface area contributed by atoms with Crippen LogP contribution in [0, 0.1) is 6.92 Å². The summed E-state index contributed by atoms with van der Waals surface area (Å²) in [5.74, 6) is -0.360. The standard InChI is InChI=1S/C11H16O4S.C2H5N3.5C2H6.7CH4.B.Na/c1-10-4-2-5-11(8-10)9-15-6-3-7-16(12,13)14;1-2-4-5-3;5*1-2;;;;;;;;;/h2,4-5,8H,3,6-7,9H2,1H3,(H,12,13,14);2H2,1H3;5*1-2H3;7*1H4;;/q;;;;;;;;;;;;;;;+1/p-1. The number of hydrogen-bond acceptors (Lipinski definition) is 5. The zero-order chi connectivity index (χ0) is 26.1. The van der Waals surface area contributed by atoms with Crippen LogP contribution in [0.3, 0.4) is 0 Å². The molecule has 0 aromatic heterocycles. The normalized spacial score (nSPS) is 6.12. The van der Waals surface area contributed by atoms with Crippen LogP contribution in [0.1, 0.15) is 146 Å². The Labute approximate surface area is 282 Å². The van der Waals surface area contributed by atoms with Gasteiger partial charge in [-0.3, -0.25) is 0 Å². The van der Waals surface area contributed by atoms with E-state index in [0.29, 0.717) is 13.2 Å². The fourth-order valence-electron chi connectivity index (χ4n) is 1.39. The van der Waals surface area contributed by atoms with Crippen LogP contribution in [0.5, 0.6) is 0 Å². The van der Waals surface area contributed by atoms with Gasteiger partial charge in [0.05, 0.1) is 16.7 Å². The molecule has 1 aromatic carbocycles. The molecule has 0 spiro atoms. The minimum Gasteiger partial charge on any atom is -0.748 e. The Hall–Kier alpha value is -0.535. The smallest absolute Gasteiger partial charge is 0.748 e. The predicted octanol–water partition coefficient (Wildman–Crippen LogP) is 8.97. The van der Waals surface area contributed by atoms with E-state index in [4.69, 9.17) is 10.3 Å². The van der Waals surface area contributed by atoms with Gasteiger partial charge >= 0.3 is 29.6 Å². The van der Waals surface area contributed by atoms with Crippen molar-refractivity contribution >= 4 is 18.5 Å². The van der Waals surface area contributed by atoms with Gasteiger partial charge in [-0.25, -0.2) is 8.42 Å². The number of rotatable bonds is 7. The second kappa shape index (κ2) is 98.1. The van der Waals surface area contributed by atoms with Gasteiger partial charge in [-0.05, 0) is 24.4 Å². The van der Waals surface area contributed by atoms with Crippen LogP contribution in [0.2, 0.25) is 0 Å². The summed E-state index contributed by atoms with van der Waals surface area (Å²) in [5, 5.41) is 3.15. The van der Waals surface area contributed by atoms with Crippen molar-refractivity contribution < 1.29 is 47.3 Å². The van der Waals surface area contributed by atoms with Crippen molar-refractivity contribution in [2.45, 2.75) is 148 Å². The maximum Gasteiger partial charge on any atom is 1.00 e. The molecular weight excluding hydrogens is 532 g/mol. The van der Waals surface area contributed by atoms with Crippen molar-refractivity contribution in [3.8, 4) is 0 Å². The molecule has 0 bridgehead atoms. The summed E-state index contributed by atoms with van der Waals surface area (Å²) in [6, 6.07) is 7.88. The van der Waals surface area contributed by atoms with Gasteiger partial charge in [0.1, 0.15) is 0 Å². The van der Waals surface area contributed by atoms with Gasteiger partial charge in [-0.2, -0.15) is 0 Å². The number of ether oxygens (including phenoxy) is 1. The van der Waals surface area contributed by atoms with Gasteiger partial charge in [0.2, 0.25) is 0 Å². The first kappa shape index (κ1) is 97.6. The summed E-state index contributed by atoms with van der Waals surface area (Å²) in [6.45, 7) is 25.1. The summed E-state index contributed by atoms with van der Waals surface area (Å²) >= 11 is 0. The third-order valence-corrected chi connectivity index (χ3v) is 3.03. The molecule has 0 amide bonds. The average Bonchev–Trinajstić information content (AvgIpc) is 2.81. The fraction of sp³-hybridized carbons (Fsp3) is 0.800. The largest absolute Gasteiger partial charge is 1.00 e. The Morgan fingerprint density at radius 2 is 1.23 bits per heavy atom. The van der Waals surface area contributed by atoms with Gasteiger partial charge in [0.25, 0.3) is 0 Å². The first-order valence-electron chi connectivity index (χ1n) is 11.5. The molecule has 1 aromatic rings. The number of azide groups is 1. The number of aryl methyl sites for hydroxylation is 1. The van der Waals surface area contributed by atoms with Gasteiger partial charge in [-0.1, -0.05) is 163 Å². The molecule has 0 unspecified atom stereocenters. The Balaban J connectivity index is -0.0000000175. The van der Waals surface area contributed by atoms with E-state index in [2.05, 4.69) is 10.0 Å². The topological polar surface area (TPSA) is 115 Å². The van der Waals surface area contributed by atoms with E-state index in [1.807, 2.05) is 100 Å². The molecule has 0 heterocycles. The summed E-state index contributed by atoms with van der Waals surface area (Å²) in [7, 11) is -4.11. The molecule has 0 atom stereocenters. The third-order valence-electron chi connectivity index (χ3n) is 2.24. The fourth-order valence-corrected chi connectivity index (χ4v) is 1.86. The molecule has 0 fully saturated rings. The zero-order valence-electron chi connectivity index (χ0n) is 23.8. The SMILES string of the molecule is C.C.C.C.C.C.C.CC.CC.CC.CC.CC.CCN=[N+]=[N-].Cc1cccc(COCCCS(=O)(=O)[O-])c1.[B].[Na+]. The van der Waals surface area contributed by atoms with Crippen molar-refractivity contribution in [2.24, 2.45) is 5.11 Å². The molecular formula is C30H78BN3NaO4S. The predicted molar refractivity (Wildman–Crippen MR) is 189 cm³/mol. The second-order valence-corrected chi connectivity index (χ2v) is 5.73. The van der Waals surface area contributed by atoms with Crippen molar-refractivity contribution in [3.63, 3.8) is 0 Å². The van der Waals surface area contributed by atoms with E-state index in [0.717, 1.165) is 11.1 Å². The molecule has 0 N–H and O–H groups in total. The minimum absolute atomic E-state index is 0. The maximum atomic E-state index is 10.3. The molecule has 10 heteroatoms. The molecule has 0 aliphatic carbocycles. The molecule has 247 valence electrons. The van der Waals surface area contributed by atoms with Crippen molar-refractivity contribution in [3.05, 3.63) is 45.8 Å². The van der Waals surface area contributed by atoms with Gasteiger partial charge in [-0.15, -0.1) is 0 Å². The Morgan fingerprint density at radius 3 is 1.48 bits per heavy atom. The third kappa shape index (κ3) is 119. The quantitative estimate of drug-likeness (QED) is 0.0765. The minimum atomic E-state index is -4.11. The van der Waals surface area contributed by atoms with Crippen LogP contribution in [-0.2, 0) is 21.5 Å². The van der Waals surface area contributed by atoms with Crippen LogP contribution >= 0.6 is 0 Å². The van der Waals surface area contributed by atoms with Crippen LogP contribution in [0.15, 0.2) is 29.4 Å². The van der Waals surface area contributed by atoms with Crippen molar-refractivity contribution in [1.29, 1.82) is 0 Å². The molecule has 0 aliphatic heterocycles. The zero-order valence-corrected chi connectivity index (χ0v) is 26.6. The van der Waals surface area contributed by atoms with E-state index in [1.54, 1.807) is 6.92 Å². The van der Waals surface area contributed by atoms with Crippen LogP contribution < -0.4 is 29.6 Å². The molecule has 0 saturated heterocycles. The van der Waals surface area contributed by atoms with Crippen molar-refractivity contribution in [1.82, 2.24) is 0 Å². The molecule has 3 radical (unpaired) electrons. The number of nitrogens with zero attached hydrogens (tertiary/aromatic N) is 3. The maximum absolute atomic E-state index is 10.3. The van der Waals surface area contributed by atoms with E-state index >= 15 is 0 Å². The average molecular weight is 611 g/mol. The van der Waals surface area contributed by atoms with E-state index in [-0.39, 0.29) is 109 Å². The second-order valence-electron chi connectivity index (χ2n) is 4.20. The first-order chi connectivity index (χ1) is 14.9. The number of hydrogen-bond donors (Lipinski definition) is 0. The molecule has 1 rings (SSSR count). The van der Waals surface area contributed by atoms with Gasteiger partial charge in [0.15, 0.2) is 0 Å². The Bertz CT molecular complexity index is 576. The van der Waals surface area contributed by atoms with E-state index in [1.165, 1.54) is 0 Å². The van der Waals surface area contributed by atoms with Gasteiger partial charge < -0.3 is 9.29 Å². The van der Waals surface area contributed by atoms with Crippen LogP contribution in [-0.4, -0.2) is 40.3 Å². The van der Waals surface area contributed by atoms with Crippen LogP contribution in [0.25, 0.3) is 10.4 Å². The molecule has 0 saturated carbocycles. The summed E-state index contributed by atoms with van der Waals surface area (Å²) < 4.78 is 36.2. The molecule has 0 aliphatic rings. The summed E-state index contributed by atoms with van der Waals surface area (Å²) in [5.41, 5.74) is 9.73. The van der Waals surface area contributed by atoms with Crippen LogP contribution in [0.4, 0.5) is 0 Å². The van der Waals surface area contributed by atoms with E-state index < -0.39 is 10.1 Å². The van der Waals surface area contributed by atoms with Crippen molar-refractivity contribution in [2.75, 3.05) is 18.9 Å². The summed E-state index contributed by atoms with van der Waals surface area (Å²) in [4.78, 5) is 2.48. The molecule has 40 heavy (non-hydrogen) atoms. The van der Waals surface area contributed by atoms with Gasteiger partial charge in [0, 0.05) is 32.2 Å². The summed E-state index contributed by atoms with van der Waals surface area (Å²) in [6.07, 6.45) is 0.248. The number of benzene rings is 1. The Morgan fingerprint density at radius 1 is 0.850 bits per heavy atom. The molecule has 7 nitrogen and oxygen atoms in total. The Kier molecular flexibility index (Phi) is 239.